The van der Waals surface area contributed by atoms with Crippen molar-refractivity contribution < 1.29 is 4.42 Å². The van der Waals surface area contributed by atoms with E-state index >= 15 is 0 Å². The summed E-state index contributed by atoms with van der Waals surface area (Å²) in [7, 11) is 0. The molecule has 1 aromatic rings. The zero-order chi connectivity index (χ0) is 9.68. The first kappa shape index (κ1) is 10.3. The second kappa shape index (κ2) is 5.07. The molecule has 0 saturated heterocycles. The Balaban J connectivity index is 2.20. The minimum absolute atomic E-state index is 0.746. The Bertz CT molecular complexity index is 242. The quantitative estimate of drug-likeness (QED) is 0.755. The average Bonchev–Trinajstić information content (AvgIpc) is 2.51. The van der Waals surface area contributed by atoms with Gasteiger partial charge in [-0.25, -0.2) is 0 Å². The Morgan fingerprint density at radius 1 is 1.46 bits per heavy atom. The molecule has 0 aliphatic heterocycles. The first-order valence-electron chi connectivity index (χ1n) is 4.98. The van der Waals surface area contributed by atoms with Gasteiger partial charge in [0.2, 0.25) is 0 Å². The summed E-state index contributed by atoms with van der Waals surface area (Å²) in [6.07, 6.45) is 1.23. The highest BCUT2D eigenvalue weighted by atomic mass is 16.3. The fourth-order valence-electron chi connectivity index (χ4n) is 1.17. The molecule has 1 rings (SSSR count). The molecule has 1 heterocycles. The lowest BCUT2D eigenvalue weighted by atomic mass is 10.1. The minimum Gasteiger partial charge on any atom is -0.465 e. The van der Waals surface area contributed by atoms with Gasteiger partial charge in [-0.05, 0) is 31.5 Å². The van der Waals surface area contributed by atoms with Crippen molar-refractivity contribution >= 4 is 0 Å². The van der Waals surface area contributed by atoms with Gasteiger partial charge in [-0.15, -0.1) is 0 Å². The van der Waals surface area contributed by atoms with Crippen LogP contribution in [0.1, 0.15) is 31.8 Å². The molecule has 2 nitrogen and oxygen atoms in total. The third kappa shape index (κ3) is 3.64. The van der Waals surface area contributed by atoms with Gasteiger partial charge in [0.15, 0.2) is 0 Å². The molecule has 1 unspecified atom stereocenters. The number of rotatable bonds is 5. The van der Waals surface area contributed by atoms with Crippen LogP contribution in [0.5, 0.6) is 0 Å². The summed E-state index contributed by atoms with van der Waals surface area (Å²) in [5.41, 5.74) is 0. The van der Waals surface area contributed by atoms with Crippen LogP contribution in [-0.4, -0.2) is 6.54 Å². The van der Waals surface area contributed by atoms with Crippen LogP contribution in [0.15, 0.2) is 16.5 Å². The van der Waals surface area contributed by atoms with Crippen LogP contribution in [-0.2, 0) is 6.54 Å². The third-order valence-corrected chi connectivity index (χ3v) is 2.28. The normalized spacial score (nSPS) is 13.2. The van der Waals surface area contributed by atoms with E-state index in [9.17, 15) is 0 Å². The van der Waals surface area contributed by atoms with Crippen LogP contribution < -0.4 is 5.32 Å². The topological polar surface area (TPSA) is 25.2 Å². The number of furan rings is 1. The lowest BCUT2D eigenvalue weighted by molar-refractivity contribution is 0.437. The van der Waals surface area contributed by atoms with Crippen molar-refractivity contribution in [3.63, 3.8) is 0 Å². The maximum atomic E-state index is 5.44. The molecular formula is C11H19NO. The van der Waals surface area contributed by atoms with Gasteiger partial charge in [0.05, 0.1) is 6.54 Å². The summed E-state index contributed by atoms with van der Waals surface area (Å²) in [6, 6.07) is 4.03. The molecule has 0 spiro atoms. The van der Waals surface area contributed by atoms with Gasteiger partial charge in [0, 0.05) is 0 Å². The summed E-state index contributed by atoms with van der Waals surface area (Å²) in [4.78, 5) is 0. The largest absolute Gasteiger partial charge is 0.465 e. The summed E-state index contributed by atoms with van der Waals surface area (Å²) in [5.74, 6) is 2.76. The molecule has 1 aromatic heterocycles. The third-order valence-electron chi connectivity index (χ3n) is 2.28. The van der Waals surface area contributed by atoms with E-state index in [-0.39, 0.29) is 0 Å². The SMILES string of the molecule is CCC(C)CNCc1ccc(C)o1. The Morgan fingerprint density at radius 3 is 2.77 bits per heavy atom. The van der Waals surface area contributed by atoms with Gasteiger partial charge >= 0.3 is 0 Å². The predicted octanol–water partition coefficient (Wildman–Crippen LogP) is 2.72. The standard InChI is InChI=1S/C11H19NO/c1-4-9(2)7-12-8-11-6-5-10(3)13-11/h5-6,9,12H,4,7-8H2,1-3H3. The van der Waals surface area contributed by atoms with E-state index in [2.05, 4.69) is 19.2 Å². The van der Waals surface area contributed by atoms with E-state index in [1.54, 1.807) is 0 Å². The summed E-state index contributed by atoms with van der Waals surface area (Å²) in [6.45, 7) is 8.34. The van der Waals surface area contributed by atoms with Crippen molar-refractivity contribution in [3.8, 4) is 0 Å². The second-order valence-electron chi connectivity index (χ2n) is 3.66. The molecule has 0 radical (unpaired) electrons. The Hall–Kier alpha value is -0.760. The fraction of sp³-hybridized carbons (Fsp3) is 0.636. The van der Waals surface area contributed by atoms with Crippen LogP contribution in [0.2, 0.25) is 0 Å². The average molecular weight is 181 g/mol. The first-order chi connectivity index (χ1) is 6.22. The van der Waals surface area contributed by atoms with Crippen LogP contribution in [0.3, 0.4) is 0 Å². The van der Waals surface area contributed by atoms with E-state index in [1.165, 1.54) is 6.42 Å². The van der Waals surface area contributed by atoms with E-state index in [0.29, 0.717) is 0 Å². The molecule has 0 saturated carbocycles. The number of aryl methyl sites for hydroxylation is 1. The van der Waals surface area contributed by atoms with Crippen LogP contribution in [0.4, 0.5) is 0 Å². The first-order valence-corrected chi connectivity index (χ1v) is 4.98. The van der Waals surface area contributed by atoms with E-state index in [4.69, 9.17) is 4.42 Å². The van der Waals surface area contributed by atoms with Crippen LogP contribution >= 0.6 is 0 Å². The van der Waals surface area contributed by atoms with Gasteiger partial charge in [0.1, 0.15) is 11.5 Å². The predicted molar refractivity (Wildman–Crippen MR) is 54.6 cm³/mol. The summed E-state index contributed by atoms with van der Waals surface area (Å²) in [5, 5.41) is 3.37. The van der Waals surface area contributed by atoms with Gasteiger partial charge in [0.25, 0.3) is 0 Å². The second-order valence-corrected chi connectivity index (χ2v) is 3.66. The minimum atomic E-state index is 0.746. The summed E-state index contributed by atoms with van der Waals surface area (Å²) < 4.78 is 5.44. The monoisotopic (exact) mass is 181 g/mol. The molecule has 13 heavy (non-hydrogen) atoms. The zero-order valence-corrected chi connectivity index (χ0v) is 8.76. The van der Waals surface area contributed by atoms with Crippen molar-refractivity contribution in [2.45, 2.75) is 33.7 Å². The molecule has 2 heteroatoms. The van der Waals surface area contributed by atoms with Crippen molar-refractivity contribution in [2.75, 3.05) is 6.54 Å². The maximum Gasteiger partial charge on any atom is 0.117 e. The number of hydrogen-bond donors (Lipinski definition) is 1. The molecule has 0 fully saturated rings. The smallest absolute Gasteiger partial charge is 0.117 e. The zero-order valence-electron chi connectivity index (χ0n) is 8.76. The Labute approximate surface area is 80.3 Å². The van der Waals surface area contributed by atoms with E-state index in [1.807, 2.05) is 19.1 Å². The van der Waals surface area contributed by atoms with Gasteiger partial charge < -0.3 is 9.73 Å². The molecule has 1 N–H and O–H groups in total. The van der Waals surface area contributed by atoms with Crippen LogP contribution in [0, 0.1) is 12.8 Å². The van der Waals surface area contributed by atoms with Crippen molar-refractivity contribution in [2.24, 2.45) is 5.92 Å². The molecule has 0 aliphatic carbocycles. The fourth-order valence-corrected chi connectivity index (χ4v) is 1.17. The van der Waals surface area contributed by atoms with Crippen LogP contribution in [0.25, 0.3) is 0 Å². The Morgan fingerprint density at radius 2 is 2.23 bits per heavy atom. The number of hydrogen-bond acceptors (Lipinski definition) is 2. The van der Waals surface area contributed by atoms with Crippen molar-refractivity contribution in [1.29, 1.82) is 0 Å². The molecule has 1 atom stereocenters. The van der Waals surface area contributed by atoms with E-state index in [0.717, 1.165) is 30.5 Å². The van der Waals surface area contributed by atoms with Crippen molar-refractivity contribution in [1.82, 2.24) is 5.32 Å². The van der Waals surface area contributed by atoms with Crippen molar-refractivity contribution in [3.05, 3.63) is 23.7 Å². The summed E-state index contributed by atoms with van der Waals surface area (Å²) >= 11 is 0. The van der Waals surface area contributed by atoms with Gasteiger partial charge in [-0.2, -0.15) is 0 Å². The highest BCUT2D eigenvalue weighted by Crippen LogP contribution is 2.06. The molecule has 0 aromatic carbocycles. The highest BCUT2D eigenvalue weighted by molar-refractivity contribution is 5.04. The molecule has 0 amide bonds. The molecule has 0 aliphatic rings. The van der Waals surface area contributed by atoms with E-state index < -0.39 is 0 Å². The van der Waals surface area contributed by atoms with Gasteiger partial charge in [-0.3, -0.25) is 0 Å². The highest BCUT2D eigenvalue weighted by Gasteiger charge is 2.00. The van der Waals surface area contributed by atoms with Gasteiger partial charge in [-0.1, -0.05) is 20.3 Å². The molecule has 0 bridgehead atoms. The maximum absolute atomic E-state index is 5.44. The lowest BCUT2D eigenvalue weighted by Gasteiger charge is -2.08. The lowest BCUT2D eigenvalue weighted by Crippen LogP contribution is -2.19. The molecular weight excluding hydrogens is 162 g/mol. The molecule has 74 valence electrons. The number of nitrogens with one attached hydrogen (secondary N) is 1. The Kier molecular flexibility index (Phi) is 4.03.